The van der Waals surface area contributed by atoms with Crippen molar-refractivity contribution in [2.24, 2.45) is 0 Å². The fourth-order valence-corrected chi connectivity index (χ4v) is 2.14. The van der Waals surface area contributed by atoms with Crippen LogP contribution in [0.25, 0.3) is 11.0 Å². The molecular formula is C12H11ClN4O3. The molecule has 3 rings (SSSR count). The van der Waals surface area contributed by atoms with Gasteiger partial charge in [0.25, 0.3) is 0 Å². The van der Waals surface area contributed by atoms with Crippen molar-refractivity contribution in [1.29, 1.82) is 0 Å². The molecule has 2 atom stereocenters. The lowest BCUT2D eigenvalue weighted by Gasteiger charge is -2.13. The average Bonchev–Trinajstić information content (AvgIpc) is 3.02. The number of aromatic nitrogens is 4. The van der Waals surface area contributed by atoms with E-state index in [1.54, 1.807) is 16.9 Å². The molecule has 1 fully saturated rings. The average molecular weight is 295 g/mol. The Bertz CT molecular complexity index is 645. The second kappa shape index (κ2) is 5.34. The van der Waals surface area contributed by atoms with Crippen molar-refractivity contribution in [2.45, 2.75) is 19.3 Å². The van der Waals surface area contributed by atoms with E-state index in [-0.39, 0.29) is 18.7 Å². The molecule has 7 nitrogen and oxygen atoms in total. The van der Waals surface area contributed by atoms with Crippen LogP contribution in [0.2, 0.25) is 5.15 Å². The van der Waals surface area contributed by atoms with Crippen LogP contribution in [0.5, 0.6) is 0 Å². The molecule has 0 N–H and O–H groups in total. The maximum Gasteiger partial charge on any atom is 0.302 e. The van der Waals surface area contributed by atoms with Crippen LogP contribution in [0.4, 0.5) is 0 Å². The normalized spacial score (nSPS) is 22.3. The Hall–Kier alpha value is -1.73. The summed E-state index contributed by atoms with van der Waals surface area (Å²) in [5.41, 5.74) is 1.25. The molecule has 20 heavy (non-hydrogen) atoms. The smallest absolute Gasteiger partial charge is 0.302 e. The van der Waals surface area contributed by atoms with Crippen LogP contribution in [-0.2, 0) is 14.3 Å². The Morgan fingerprint density at radius 3 is 3.20 bits per heavy atom. The third-order valence-corrected chi connectivity index (χ3v) is 3.12. The number of hydrogen-bond acceptors (Lipinski definition) is 6. The summed E-state index contributed by atoms with van der Waals surface area (Å²) in [5.74, 6) is -0.338. The number of carbonyl (C=O) groups excluding carboxylic acids is 1. The standard InChI is InChI=1S/C12H11ClN4O3/c1-7(18)19-6-8-2-3-10(20-8)17-9-4-5-14-12(13)11(9)15-16-17/h2-5,8,10H,6H2,1H3/t8-,10-/m1/s1. The summed E-state index contributed by atoms with van der Waals surface area (Å²) < 4.78 is 12.2. The van der Waals surface area contributed by atoms with E-state index in [0.29, 0.717) is 10.7 Å². The van der Waals surface area contributed by atoms with Crippen LogP contribution < -0.4 is 0 Å². The molecule has 0 spiro atoms. The highest BCUT2D eigenvalue weighted by molar-refractivity contribution is 6.33. The third kappa shape index (κ3) is 2.46. The fourth-order valence-electron chi connectivity index (χ4n) is 1.95. The molecule has 1 aliphatic rings. The van der Waals surface area contributed by atoms with Gasteiger partial charge in [0.05, 0.1) is 11.6 Å². The number of halogens is 1. The zero-order valence-corrected chi connectivity index (χ0v) is 11.3. The van der Waals surface area contributed by atoms with E-state index in [0.717, 1.165) is 5.52 Å². The Kier molecular flexibility index (Phi) is 3.54. The van der Waals surface area contributed by atoms with Crippen molar-refractivity contribution >= 4 is 28.6 Å². The number of rotatable bonds is 3. The summed E-state index contributed by atoms with van der Waals surface area (Å²) in [5, 5.41) is 8.31. The van der Waals surface area contributed by atoms with E-state index >= 15 is 0 Å². The summed E-state index contributed by atoms with van der Waals surface area (Å²) in [4.78, 5) is 14.7. The molecular weight excluding hydrogens is 284 g/mol. The van der Waals surface area contributed by atoms with Crippen LogP contribution in [0.3, 0.4) is 0 Å². The van der Waals surface area contributed by atoms with Crippen molar-refractivity contribution in [3.63, 3.8) is 0 Å². The molecule has 1 saturated heterocycles. The summed E-state index contributed by atoms with van der Waals surface area (Å²) in [7, 11) is 0. The van der Waals surface area contributed by atoms with Crippen LogP contribution in [-0.4, -0.2) is 38.7 Å². The molecule has 0 amide bonds. The summed E-state index contributed by atoms with van der Waals surface area (Å²) in [6.45, 7) is 1.54. The van der Waals surface area contributed by atoms with Gasteiger partial charge in [0.1, 0.15) is 6.61 Å². The molecule has 0 saturated carbocycles. The van der Waals surface area contributed by atoms with Gasteiger partial charge in [-0.1, -0.05) is 16.8 Å². The van der Waals surface area contributed by atoms with Crippen LogP contribution >= 0.6 is 11.6 Å². The highest BCUT2D eigenvalue weighted by Gasteiger charge is 2.30. The first-order valence-corrected chi connectivity index (χ1v) is 6.35. The topological polar surface area (TPSA) is 79.1 Å². The van der Waals surface area contributed by atoms with Gasteiger partial charge in [-0.25, -0.2) is 9.67 Å². The Labute approximate surface area is 119 Å². The number of pyridine rings is 1. The van der Waals surface area contributed by atoms with Crippen LogP contribution in [0.1, 0.15) is 13.2 Å². The van der Waals surface area contributed by atoms with E-state index in [1.807, 2.05) is 12.8 Å². The predicted octanol–water partition coefficient (Wildman–Crippen LogP) is 1.35. The fraction of sp³-hybridized carbons (Fsp3) is 0.333. The number of fused-ring (bicyclic) bond motifs is 1. The van der Waals surface area contributed by atoms with Gasteiger partial charge in [0.2, 0.25) is 0 Å². The molecule has 2 aromatic rings. The number of hydrogen-bond donors (Lipinski definition) is 0. The molecule has 0 aliphatic carbocycles. The number of carbonyl (C=O) groups is 1. The van der Waals surface area contributed by atoms with Gasteiger partial charge in [-0.15, -0.1) is 5.10 Å². The highest BCUT2D eigenvalue weighted by atomic mass is 35.5. The van der Waals surface area contributed by atoms with Gasteiger partial charge in [0, 0.05) is 26.0 Å². The van der Waals surface area contributed by atoms with Crippen molar-refractivity contribution in [3.05, 3.63) is 30.3 Å². The Balaban J connectivity index is 1.76. The van der Waals surface area contributed by atoms with Gasteiger partial charge >= 0.3 is 5.97 Å². The zero-order chi connectivity index (χ0) is 14.1. The summed E-state index contributed by atoms with van der Waals surface area (Å²) in [6, 6.07) is 1.76. The minimum absolute atomic E-state index is 0.178. The lowest BCUT2D eigenvalue weighted by atomic mass is 10.2. The summed E-state index contributed by atoms with van der Waals surface area (Å²) >= 11 is 5.95. The molecule has 0 aromatic carbocycles. The minimum atomic E-state index is -0.404. The molecule has 0 unspecified atom stereocenters. The van der Waals surface area contributed by atoms with Gasteiger partial charge in [-0.05, 0) is 6.07 Å². The van der Waals surface area contributed by atoms with Gasteiger partial charge < -0.3 is 9.47 Å². The maximum atomic E-state index is 10.8. The van der Waals surface area contributed by atoms with E-state index in [4.69, 9.17) is 21.1 Å². The van der Waals surface area contributed by atoms with Crippen molar-refractivity contribution in [3.8, 4) is 0 Å². The third-order valence-electron chi connectivity index (χ3n) is 2.84. The molecule has 0 bridgehead atoms. The van der Waals surface area contributed by atoms with Crippen LogP contribution in [0, 0.1) is 12.8 Å². The lowest BCUT2D eigenvalue weighted by Crippen LogP contribution is -2.19. The van der Waals surface area contributed by atoms with E-state index in [2.05, 4.69) is 15.3 Å². The predicted molar refractivity (Wildman–Crippen MR) is 69.5 cm³/mol. The van der Waals surface area contributed by atoms with Crippen molar-refractivity contribution in [1.82, 2.24) is 20.0 Å². The lowest BCUT2D eigenvalue weighted by molar-refractivity contribution is -0.145. The molecule has 104 valence electrons. The maximum absolute atomic E-state index is 10.8. The second-order valence-corrected chi connectivity index (χ2v) is 4.61. The second-order valence-electron chi connectivity index (χ2n) is 4.26. The largest absolute Gasteiger partial charge is 0.463 e. The molecule has 2 aromatic heterocycles. The Morgan fingerprint density at radius 2 is 2.40 bits per heavy atom. The zero-order valence-electron chi connectivity index (χ0n) is 10.6. The van der Waals surface area contributed by atoms with Gasteiger partial charge in [-0.3, -0.25) is 4.79 Å². The first kappa shape index (κ1) is 13.3. The first-order chi connectivity index (χ1) is 9.65. The molecule has 2 radical (unpaired) electrons. The SMILES string of the molecule is CC(=O)OC[C@H]1[CH][CH][C@H](n2nnc3c(Cl)nccc32)O1. The Morgan fingerprint density at radius 1 is 1.55 bits per heavy atom. The minimum Gasteiger partial charge on any atom is -0.463 e. The molecule has 1 aliphatic heterocycles. The highest BCUT2D eigenvalue weighted by Crippen LogP contribution is 2.29. The quantitative estimate of drug-likeness (QED) is 0.628. The molecule has 8 heteroatoms. The van der Waals surface area contributed by atoms with Crippen molar-refractivity contribution < 1.29 is 14.3 Å². The van der Waals surface area contributed by atoms with Crippen LogP contribution in [0.15, 0.2) is 12.3 Å². The van der Waals surface area contributed by atoms with Gasteiger partial charge in [-0.2, -0.15) is 0 Å². The first-order valence-electron chi connectivity index (χ1n) is 5.97. The molecule has 3 heterocycles. The number of ether oxygens (including phenoxy) is 2. The summed E-state index contributed by atoms with van der Waals surface area (Å²) in [6.07, 6.45) is 4.54. The van der Waals surface area contributed by atoms with E-state index < -0.39 is 6.23 Å². The monoisotopic (exact) mass is 294 g/mol. The van der Waals surface area contributed by atoms with E-state index in [9.17, 15) is 4.79 Å². The van der Waals surface area contributed by atoms with Gasteiger partial charge in [0.15, 0.2) is 16.9 Å². The van der Waals surface area contributed by atoms with E-state index in [1.165, 1.54) is 6.92 Å². The van der Waals surface area contributed by atoms with Crippen molar-refractivity contribution in [2.75, 3.05) is 6.61 Å². The number of esters is 1. The number of nitrogens with zero attached hydrogens (tertiary/aromatic N) is 4.